The lowest BCUT2D eigenvalue weighted by atomic mass is 10.0. The number of pyridine rings is 1. The molecule has 1 aliphatic rings. The lowest BCUT2D eigenvalue weighted by molar-refractivity contribution is 0.0637. The van der Waals surface area contributed by atoms with Gasteiger partial charge in [0, 0.05) is 12.2 Å². The minimum Gasteiger partial charge on any atom is -0.330 e. The molecular formula is C19H23ClFN3O. The third-order valence-corrected chi connectivity index (χ3v) is 4.41. The summed E-state index contributed by atoms with van der Waals surface area (Å²) in [6.45, 7) is 2.23. The van der Waals surface area contributed by atoms with Gasteiger partial charge in [0.05, 0.1) is 17.8 Å². The number of carbonyl (C=O) groups excluding carboxylic acids is 1. The average Bonchev–Trinajstić information content (AvgIpc) is 2.90. The lowest BCUT2D eigenvalue weighted by Crippen LogP contribution is -2.41. The summed E-state index contributed by atoms with van der Waals surface area (Å²) < 4.78 is 14.1. The Hall–Kier alpha value is -1.98. The molecule has 134 valence electrons. The normalized spacial score (nSPS) is 17.2. The second kappa shape index (κ2) is 9.49. The van der Waals surface area contributed by atoms with Crippen molar-refractivity contribution in [2.24, 2.45) is 0 Å². The van der Waals surface area contributed by atoms with Gasteiger partial charge in [-0.1, -0.05) is 18.2 Å². The van der Waals surface area contributed by atoms with Gasteiger partial charge in [0.1, 0.15) is 5.82 Å². The van der Waals surface area contributed by atoms with Crippen molar-refractivity contribution >= 4 is 18.3 Å². The van der Waals surface area contributed by atoms with E-state index in [1.807, 2.05) is 18.2 Å². The van der Waals surface area contributed by atoms with Crippen LogP contribution in [0.2, 0.25) is 0 Å². The van der Waals surface area contributed by atoms with E-state index in [2.05, 4.69) is 10.3 Å². The van der Waals surface area contributed by atoms with Gasteiger partial charge in [0.25, 0.3) is 5.91 Å². The van der Waals surface area contributed by atoms with Crippen LogP contribution >= 0.6 is 12.4 Å². The summed E-state index contributed by atoms with van der Waals surface area (Å²) in [5, 5.41) is 3.36. The molecule has 1 unspecified atom stereocenters. The number of benzene rings is 1. The Kier molecular flexibility index (Phi) is 7.34. The topological polar surface area (TPSA) is 45.2 Å². The SMILES string of the molecule is Cl.O=C(c1ccccc1F)N(Cc1ccccn1)C1CCCNCC1. The van der Waals surface area contributed by atoms with Crippen molar-refractivity contribution in [3.05, 3.63) is 65.7 Å². The first-order valence-electron chi connectivity index (χ1n) is 8.42. The molecule has 1 amide bonds. The van der Waals surface area contributed by atoms with Crippen LogP contribution in [0.15, 0.2) is 48.7 Å². The number of nitrogens with zero attached hydrogens (tertiary/aromatic N) is 2. The fourth-order valence-corrected chi connectivity index (χ4v) is 3.13. The van der Waals surface area contributed by atoms with E-state index in [0.717, 1.165) is 38.0 Å². The molecule has 0 saturated carbocycles. The van der Waals surface area contributed by atoms with Gasteiger partial charge in [-0.15, -0.1) is 12.4 Å². The molecule has 4 nitrogen and oxygen atoms in total. The minimum atomic E-state index is -0.472. The third kappa shape index (κ3) is 5.00. The van der Waals surface area contributed by atoms with Crippen LogP contribution in [0.5, 0.6) is 0 Å². The van der Waals surface area contributed by atoms with E-state index < -0.39 is 5.82 Å². The van der Waals surface area contributed by atoms with E-state index in [1.54, 1.807) is 29.3 Å². The molecule has 0 radical (unpaired) electrons. The predicted octanol–water partition coefficient (Wildman–Crippen LogP) is 3.43. The number of nitrogens with one attached hydrogen (secondary N) is 1. The Balaban J connectivity index is 0.00000225. The van der Waals surface area contributed by atoms with Crippen molar-refractivity contribution in [2.45, 2.75) is 31.8 Å². The highest BCUT2D eigenvalue weighted by atomic mass is 35.5. The quantitative estimate of drug-likeness (QED) is 0.905. The molecule has 1 N–H and O–H groups in total. The molecule has 0 spiro atoms. The van der Waals surface area contributed by atoms with Crippen LogP contribution in [-0.4, -0.2) is 34.9 Å². The van der Waals surface area contributed by atoms with Crippen LogP contribution in [0.3, 0.4) is 0 Å². The second-order valence-corrected chi connectivity index (χ2v) is 6.07. The number of rotatable bonds is 4. The average molecular weight is 364 g/mol. The van der Waals surface area contributed by atoms with E-state index in [9.17, 15) is 9.18 Å². The van der Waals surface area contributed by atoms with E-state index in [1.165, 1.54) is 6.07 Å². The number of halogens is 2. The predicted molar refractivity (Wildman–Crippen MR) is 98.3 cm³/mol. The van der Waals surface area contributed by atoms with Crippen molar-refractivity contribution in [1.29, 1.82) is 0 Å². The summed E-state index contributed by atoms with van der Waals surface area (Å²) in [7, 11) is 0. The molecule has 3 rings (SSSR count). The summed E-state index contributed by atoms with van der Waals surface area (Å²) in [5.74, 6) is -0.731. The summed E-state index contributed by atoms with van der Waals surface area (Å²) >= 11 is 0. The molecular weight excluding hydrogens is 341 g/mol. The molecule has 2 aromatic rings. The maximum absolute atomic E-state index is 14.1. The molecule has 1 atom stereocenters. The Morgan fingerprint density at radius 3 is 2.72 bits per heavy atom. The van der Waals surface area contributed by atoms with Crippen molar-refractivity contribution in [2.75, 3.05) is 13.1 Å². The summed E-state index contributed by atoms with van der Waals surface area (Å²) in [4.78, 5) is 19.1. The maximum Gasteiger partial charge on any atom is 0.257 e. The molecule has 2 heterocycles. The monoisotopic (exact) mass is 363 g/mol. The van der Waals surface area contributed by atoms with Crippen LogP contribution in [0.1, 0.15) is 35.3 Å². The van der Waals surface area contributed by atoms with Crippen LogP contribution in [0.25, 0.3) is 0 Å². The Morgan fingerprint density at radius 1 is 1.16 bits per heavy atom. The zero-order valence-electron chi connectivity index (χ0n) is 14.0. The van der Waals surface area contributed by atoms with Crippen molar-refractivity contribution in [1.82, 2.24) is 15.2 Å². The molecule has 1 fully saturated rings. The van der Waals surface area contributed by atoms with E-state index in [0.29, 0.717) is 6.54 Å². The van der Waals surface area contributed by atoms with E-state index in [-0.39, 0.29) is 29.9 Å². The molecule has 1 saturated heterocycles. The van der Waals surface area contributed by atoms with E-state index in [4.69, 9.17) is 0 Å². The van der Waals surface area contributed by atoms with Crippen molar-refractivity contribution in [3.8, 4) is 0 Å². The zero-order chi connectivity index (χ0) is 16.8. The molecule has 25 heavy (non-hydrogen) atoms. The molecule has 1 aliphatic heterocycles. The number of amides is 1. The van der Waals surface area contributed by atoms with Gasteiger partial charge in [-0.3, -0.25) is 9.78 Å². The summed E-state index contributed by atoms with van der Waals surface area (Å²) in [6.07, 6.45) is 4.51. The smallest absolute Gasteiger partial charge is 0.257 e. The van der Waals surface area contributed by atoms with Gasteiger partial charge < -0.3 is 10.2 Å². The molecule has 1 aromatic carbocycles. The Bertz CT molecular complexity index is 675. The highest BCUT2D eigenvalue weighted by molar-refractivity contribution is 5.94. The second-order valence-electron chi connectivity index (χ2n) is 6.07. The Labute approximate surface area is 153 Å². The van der Waals surface area contributed by atoms with Gasteiger partial charge >= 0.3 is 0 Å². The van der Waals surface area contributed by atoms with Crippen LogP contribution < -0.4 is 5.32 Å². The van der Waals surface area contributed by atoms with Gasteiger partial charge in [0.2, 0.25) is 0 Å². The largest absolute Gasteiger partial charge is 0.330 e. The number of hydrogen-bond donors (Lipinski definition) is 1. The first-order valence-corrected chi connectivity index (χ1v) is 8.42. The molecule has 1 aromatic heterocycles. The summed E-state index contributed by atoms with van der Waals surface area (Å²) in [6, 6.07) is 11.9. The standard InChI is InChI=1S/C19H22FN3O.ClH/c20-18-9-2-1-8-17(18)19(24)23(14-15-6-3-4-12-22-15)16-7-5-11-21-13-10-16;/h1-4,6,8-9,12,16,21H,5,7,10-11,13-14H2;1H. The molecule has 6 heteroatoms. The van der Waals surface area contributed by atoms with Crippen molar-refractivity contribution in [3.63, 3.8) is 0 Å². The van der Waals surface area contributed by atoms with Gasteiger partial charge in [-0.2, -0.15) is 0 Å². The molecule has 0 aliphatic carbocycles. The summed E-state index contributed by atoms with van der Waals surface area (Å²) in [5.41, 5.74) is 0.949. The first kappa shape index (κ1) is 19.3. The van der Waals surface area contributed by atoms with E-state index >= 15 is 0 Å². The number of carbonyl (C=O) groups is 1. The fraction of sp³-hybridized carbons (Fsp3) is 0.368. The Morgan fingerprint density at radius 2 is 1.96 bits per heavy atom. The van der Waals surface area contributed by atoms with Crippen LogP contribution in [0.4, 0.5) is 4.39 Å². The third-order valence-electron chi connectivity index (χ3n) is 4.41. The maximum atomic E-state index is 14.1. The van der Waals surface area contributed by atoms with Gasteiger partial charge in [-0.25, -0.2) is 4.39 Å². The number of hydrogen-bond acceptors (Lipinski definition) is 3. The van der Waals surface area contributed by atoms with Gasteiger partial charge in [-0.05, 0) is 56.6 Å². The highest BCUT2D eigenvalue weighted by Crippen LogP contribution is 2.20. The molecule has 0 bridgehead atoms. The number of aromatic nitrogens is 1. The van der Waals surface area contributed by atoms with Crippen LogP contribution in [0, 0.1) is 5.82 Å². The van der Waals surface area contributed by atoms with Crippen molar-refractivity contribution < 1.29 is 9.18 Å². The first-order chi connectivity index (χ1) is 11.8. The highest BCUT2D eigenvalue weighted by Gasteiger charge is 2.27. The minimum absolute atomic E-state index is 0. The lowest BCUT2D eigenvalue weighted by Gasteiger charge is -2.31. The zero-order valence-corrected chi connectivity index (χ0v) is 14.8. The fourth-order valence-electron chi connectivity index (χ4n) is 3.13. The van der Waals surface area contributed by atoms with Crippen LogP contribution in [-0.2, 0) is 6.54 Å². The van der Waals surface area contributed by atoms with Gasteiger partial charge in [0.15, 0.2) is 0 Å².